The van der Waals surface area contributed by atoms with Crippen molar-refractivity contribution in [2.24, 2.45) is 0 Å². The summed E-state index contributed by atoms with van der Waals surface area (Å²) >= 11 is 0. The first-order chi connectivity index (χ1) is 12.3. The highest BCUT2D eigenvalue weighted by Crippen LogP contribution is 2.25. The van der Waals surface area contributed by atoms with E-state index in [4.69, 9.17) is 0 Å². The lowest BCUT2D eigenvalue weighted by Gasteiger charge is -2.36. The highest BCUT2D eigenvalue weighted by atomic mass is 32.2. The third kappa shape index (κ3) is 3.45. The Balaban J connectivity index is 1.78. The predicted octanol–water partition coefficient (Wildman–Crippen LogP) is 1.18. The van der Waals surface area contributed by atoms with Gasteiger partial charge in [-0.3, -0.25) is 0 Å². The molecular formula is C19H21N2O4S-. The molecule has 3 rings (SSSR count). The summed E-state index contributed by atoms with van der Waals surface area (Å²) in [7, 11) is -3.73. The summed E-state index contributed by atoms with van der Waals surface area (Å²) in [5, 5.41) is 11.0. The molecule has 1 fully saturated rings. The molecular weight excluding hydrogens is 352 g/mol. The average molecular weight is 373 g/mol. The van der Waals surface area contributed by atoms with Crippen molar-refractivity contribution in [3.05, 3.63) is 59.2 Å². The smallest absolute Gasteiger partial charge is 0.243 e. The normalized spacial score (nSPS) is 15.8. The lowest BCUT2D eigenvalue weighted by Crippen LogP contribution is -2.48. The van der Waals surface area contributed by atoms with E-state index in [2.05, 4.69) is 30.9 Å². The number of piperazine rings is 1. The molecule has 1 saturated heterocycles. The summed E-state index contributed by atoms with van der Waals surface area (Å²) < 4.78 is 27.0. The Morgan fingerprint density at radius 1 is 1.00 bits per heavy atom. The number of carbonyl (C=O) groups is 1. The molecule has 6 nitrogen and oxygen atoms in total. The Morgan fingerprint density at radius 3 is 2.31 bits per heavy atom. The van der Waals surface area contributed by atoms with Crippen LogP contribution >= 0.6 is 0 Å². The molecule has 1 aliphatic rings. The quantitative estimate of drug-likeness (QED) is 0.804. The highest BCUT2D eigenvalue weighted by molar-refractivity contribution is 7.89. The molecule has 138 valence electrons. The number of nitrogens with zero attached hydrogens (tertiary/aromatic N) is 2. The van der Waals surface area contributed by atoms with Crippen molar-refractivity contribution >= 4 is 21.7 Å². The zero-order valence-electron chi connectivity index (χ0n) is 14.8. The first-order valence-electron chi connectivity index (χ1n) is 8.43. The molecule has 2 aromatic carbocycles. The summed E-state index contributed by atoms with van der Waals surface area (Å²) in [5.41, 5.74) is 3.39. The summed E-state index contributed by atoms with van der Waals surface area (Å²) in [6, 6.07) is 11.4. The van der Waals surface area contributed by atoms with Gasteiger partial charge < -0.3 is 14.8 Å². The van der Waals surface area contributed by atoms with Gasteiger partial charge in [0.15, 0.2) is 0 Å². The van der Waals surface area contributed by atoms with Crippen LogP contribution in [0.25, 0.3) is 0 Å². The second-order valence-corrected chi connectivity index (χ2v) is 8.36. The molecule has 2 aromatic rings. The van der Waals surface area contributed by atoms with Gasteiger partial charge in [0.1, 0.15) is 0 Å². The molecule has 7 heteroatoms. The summed E-state index contributed by atoms with van der Waals surface area (Å²) in [6.07, 6.45) is 0. The fourth-order valence-electron chi connectivity index (χ4n) is 3.18. The van der Waals surface area contributed by atoms with Gasteiger partial charge in [-0.2, -0.15) is 4.31 Å². The minimum absolute atomic E-state index is 0.0145. The molecule has 0 aromatic heterocycles. The van der Waals surface area contributed by atoms with Gasteiger partial charge in [-0.25, -0.2) is 8.42 Å². The Morgan fingerprint density at radius 2 is 1.65 bits per heavy atom. The van der Waals surface area contributed by atoms with Gasteiger partial charge in [0, 0.05) is 31.9 Å². The molecule has 0 N–H and O–H groups in total. The van der Waals surface area contributed by atoms with Crippen LogP contribution in [-0.4, -0.2) is 44.9 Å². The molecule has 0 atom stereocenters. The maximum Gasteiger partial charge on any atom is 0.243 e. The van der Waals surface area contributed by atoms with Crippen LogP contribution in [0.15, 0.2) is 47.4 Å². The number of rotatable bonds is 4. The van der Waals surface area contributed by atoms with Crippen LogP contribution < -0.4 is 10.0 Å². The Hall–Kier alpha value is -2.38. The SMILES string of the molecule is Cc1cccc(N2CCN(S(=O)(=O)c3cccc(C(=O)[O-])c3)CC2)c1C. The van der Waals surface area contributed by atoms with Gasteiger partial charge in [-0.15, -0.1) is 0 Å². The molecule has 1 heterocycles. The van der Waals surface area contributed by atoms with E-state index < -0.39 is 16.0 Å². The van der Waals surface area contributed by atoms with Crippen LogP contribution in [0.2, 0.25) is 0 Å². The fraction of sp³-hybridized carbons (Fsp3) is 0.316. The third-order valence-corrected chi connectivity index (χ3v) is 6.76. The third-order valence-electron chi connectivity index (χ3n) is 4.86. The topological polar surface area (TPSA) is 80.8 Å². The molecule has 0 amide bonds. The Labute approximate surface area is 153 Å². The number of carboxylic acid groups (broad SMARTS) is 1. The van der Waals surface area contributed by atoms with E-state index in [9.17, 15) is 18.3 Å². The van der Waals surface area contributed by atoms with Crippen molar-refractivity contribution in [3.63, 3.8) is 0 Å². The average Bonchev–Trinajstić information content (AvgIpc) is 2.64. The maximum absolute atomic E-state index is 12.8. The number of aryl methyl sites for hydroxylation is 1. The minimum Gasteiger partial charge on any atom is -0.545 e. The van der Waals surface area contributed by atoms with Crippen molar-refractivity contribution in [1.29, 1.82) is 0 Å². The first kappa shape index (κ1) is 18.4. The van der Waals surface area contributed by atoms with Crippen LogP contribution in [0.1, 0.15) is 21.5 Å². The monoisotopic (exact) mass is 373 g/mol. The van der Waals surface area contributed by atoms with Gasteiger partial charge in [-0.05, 0) is 48.7 Å². The summed E-state index contributed by atoms with van der Waals surface area (Å²) in [4.78, 5) is 13.2. The fourth-order valence-corrected chi connectivity index (χ4v) is 4.65. The van der Waals surface area contributed by atoms with Crippen LogP contribution in [0.3, 0.4) is 0 Å². The molecule has 0 aliphatic carbocycles. The van der Waals surface area contributed by atoms with Gasteiger partial charge in [0.05, 0.1) is 10.9 Å². The molecule has 1 aliphatic heterocycles. The molecule has 0 saturated carbocycles. The standard InChI is InChI=1S/C19H22N2O4S/c1-14-5-3-8-18(15(14)2)20-9-11-21(12-10-20)26(24,25)17-7-4-6-16(13-17)19(22)23/h3-8,13H,9-12H2,1-2H3,(H,22,23)/p-1. The minimum atomic E-state index is -3.73. The number of benzene rings is 2. The molecule has 0 unspecified atom stereocenters. The second-order valence-electron chi connectivity index (χ2n) is 6.43. The number of carboxylic acids is 1. The number of sulfonamides is 1. The van der Waals surface area contributed by atoms with E-state index >= 15 is 0 Å². The highest BCUT2D eigenvalue weighted by Gasteiger charge is 2.29. The second kappa shape index (κ2) is 7.09. The van der Waals surface area contributed by atoms with E-state index in [0.29, 0.717) is 26.2 Å². The molecule has 0 spiro atoms. The van der Waals surface area contributed by atoms with Crippen molar-refractivity contribution < 1.29 is 18.3 Å². The van der Waals surface area contributed by atoms with E-state index in [1.54, 1.807) is 0 Å². The molecule has 0 radical (unpaired) electrons. The van der Waals surface area contributed by atoms with E-state index in [1.807, 2.05) is 6.07 Å². The van der Waals surface area contributed by atoms with Gasteiger partial charge in [0.2, 0.25) is 10.0 Å². The van der Waals surface area contributed by atoms with Crippen molar-refractivity contribution in [2.45, 2.75) is 18.7 Å². The number of anilines is 1. The predicted molar refractivity (Wildman–Crippen MR) is 97.7 cm³/mol. The van der Waals surface area contributed by atoms with E-state index in [0.717, 1.165) is 11.8 Å². The van der Waals surface area contributed by atoms with Crippen molar-refractivity contribution in [2.75, 3.05) is 31.1 Å². The zero-order chi connectivity index (χ0) is 18.9. The summed E-state index contributed by atoms with van der Waals surface area (Å²) in [6.45, 7) is 6.01. The Kier molecular flexibility index (Phi) is 5.02. The van der Waals surface area contributed by atoms with Gasteiger partial charge in [-0.1, -0.05) is 24.3 Å². The van der Waals surface area contributed by atoms with Gasteiger partial charge in [0.25, 0.3) is 0 Å². The Bertz CT molecular complexity index is 932. The molecule has 0 bridgehead atoms. The van der Waals surface area contributed by atoms with E-state index in [-0.39, 0.29) is 10.5 Å². The molecule has 26 heavy (non-hydrogen) atoms. The van der Waals surface area contributed by atoms with Crippen LogP contribution in [0.5, 0.6) is 0 Å². The summed E-state index contributed by atoms with van der Waals surface area (Å²) in [5.74, 6) is -1.39. The van der Waals surface area contributed by atoms with Crippen molar-refractivity contribution in [1.82, 2.24) is 4.31 Å². The van der Waals surface area contributed by atoms with Crippen LogP contribution in [0, 0.1) is 13.8 Å². The number of carbonyl (C=O) groups excluding carboxylic acids is 1. The lowest BCUT2D eigenvalue weighted by atomic mass is 10.1. The number of hydrogen-bond donors (Lipinski definition) is 0. The van der Waals surface area contributed by atoms with Crippen molar-refractivity contribution in [3.8, 4) is 0 Å². The largest absolute Gasteiger partial charge is 0.545 e. The lowest BCUT2D eigenvalue weighted by molar-refractivity contribution is -0.255. The maximum atomic E-state index is 12.8. The number of hydrogen-bond acceptors (Lipinski definition) is 5. The van der Waals surface area contributed by atoms with Crippen LogP contribution in [0.4, 0.5) is 5.69 Å². The van der Waals surface area contributed by atoms with Crippen LogP contribution in [-0.2, 0) is 10.0 Å². The van der Waals surface area contributed by atoms with E-state index in [1.165, 1.54) is 33.6 Å². The van der Waals surface area contributed by atoms with Gasteiger partial charge >= 0.3 is 0 Å². The zero-order valence-corrected chi connectivity index (χ0v) is 15.6. The number of aromatic carboxylic acids is 1. The first-order valence-corrected chi connectivity index (χ1v) is 9.87.